The van der Waals surface area contributed by atoms with Crippen LogP contribution in [0.1, 0.15) is 28.1 Å². The van der Waals surface area contributed by atoms with Crippen molar-refractivity contribution in [1.82, 2.24) is 14.6 Å². The van der Waals surface area contributed by atoms with E-state index in [1.54, 1.807) is 23.7 Å². The number of carbonyl (C=O) groups excluding carboxylic acids is 1. The minimum atomic E-state index is -3.61. The van der Waals surface area contributed by atoms with E-state index in [-0.39, 0.29) is 16.3 Å². The number of methoxy groups -OCH3 is 1. The zero-order chi connectivity index (χ0) is 17.9. The highest BCUT2D eigenvalue weighted by Crippen LogP contribution is 2.27. The van der Waals surface area contributed by atoms with Crippen molar-refractivity contribution >= 4 is 27.3 Å². The molecule has 9 heteroatoms. The molecule has 0 radical (unpaired) electrons. The molecule has 1 amide bonds. The van der Waals surface area contributed by atoms with E-state index in [1.807, 2.05) is 0 Å². The first-order valence-electron chi connectivity index (χ1n) is 7.87. The Hall–Kier alpha value is -1.97. The summed E-state index contributed by atoms with van der Waals surface area (Å²) in [7, 11) is -2.09. The van der Waals surface area contributed by atoms with Crippen LogP contribution in [0.5, 0.6) is 5.88 Å². The molecular weight excluding hydrogens is 362 g/mol. The lowest BCUT2D eigenvalue weighted by molar-refractivity contribution is 0.0952. The van der Waals surface area contributed by atoms with Crippen LogP contribution in [0, 0.1) is 0 Å². The number of nitrogens with zero attached hydrogens (tertiary/aromatic N) is 2. The van der Waals surface area contributed by atoms with Crippen molar-refractivity contribution < 1.29 is 17.9 Å². The average Bonchev–Trinajstić information content (AvgIpc) is 3.31. The van der Waals surface area contributed by atoms with Crippen LogP contribution in [0.2, 0.25) is 0 Å². The van der Waals surface area contributed by atoms with E-state index < -0.39 is 15.9 Å². The average molecular weight is 381 g/mol. The van der Waals surface area contributed by atoms with E-state index in [0.29, 0.717) is 19.0 Å². The summed E-state index contributed by atoms with van der Waals surface area (Å²) in [5.41, 5.74) is 0.820. The third-order valence-electron chi connectivity index (χ3n) is 3.98. The van der Waals surface area contributed by atoms with Gasteiger partial charge in [0.15, 0.2) is 0 Å². The number of aromatic nitrogens is 1. The fourth-order valence-electron chi connectivity index (χ4n) is 2.67. The molecule has 7 nitrogen and oxygen atoms in total. The topological polar surface area (TPSA) is 88.6 Å². The second kappa shape index (κ2) is 7.51. The summed E-state index contributed by atoms with van der Waals surface area (Å²) in [5, 5.41) is 4.39. The lowest BCUT2D eigenvalue weighted by atomic mass is 10.2. The van der Waals surface area contributed by atoms with Gasteiger partial charge in [-0.25, -0.2) is 13.4 Å². The minimum Gasteiger partial charge on any atom is -0.481 e. The number of nitrogens with one attached hydrogen (secondary N) is 1. The molecule has 0 bridgehead atoms. The molecule has 0 saturated carbocycles. The molecule has 1 aliphatic heterocycles. The predicted molar refractivity (Wildman–Crippen MR) is 94.3 cm³/mol. The normalized spacial score (nSPS) is 15.2. The van der Waals surface area contributed by atoms with E-state index in [4.69, 9.17) is 4.74 Å². The fourth-order valence-corrected chi connectivity index (χ4v) is 5.50. The van der Waals surface area contributed by atoms with Gasteiger partial charge >= 0.3 is 0 Å². The zero-order valence-corrected chi connectivity index (χ0v) is 15.4. The summed E-state index contributed by atoms with van der Waals surface area (Å²) in [6.45, 7) is 1.28. The van der Waals surface area contributed by atoms with Gasteiger partial charge in [-0.2, -0.15) is 4.31 Å². The predicted octanol–water partition coefficient (Wildman–Crippen LogP) is 1.87. The monoisotopic (exact) mass is 381 g/mol. The van der Waals surface area contributed by atoms with Crippen LogP contribution < -0.4 is 10.1 Å². The fraction of sp³-hybridized carbons (Fsp3) is 0.375. The maximum Gasteiger partial charge on any atom is 0.263 e. The number of carbonyl (C=O) groups is 1. The first-order chi connectivity index (χ1) is 12.0. The molecular formula is C16H19N3O4S2. The number of amides is 1. The quantitative estimate of drug-likeness (QED) is 0.825. The smallest absolute Gasteiger partial charge is 0.263 e. The summed E-state index contributed by atoms with van der Waals surface area (Å²) in [6, 6.07) is 4.98. The van der Waals surface area contributed by atoms with Gasteiger partial charge in [0, 0.05) is 31.9 Å². The number of hydrogen-bond acceptors (Lipinski definition) is 6. The molecule has 3 heterocycles. The lowest BCUT2D eigenvalue weighted by Crippen LogP contribution is -2.30. The van der Waals surface area contributed by atoms with Gasteiger partial charge in [0.1, 0.15) is 9.77 Å². The Morgan fingerprint density at radius 3 is 2.84 bits per heavy atom. The van der Waals surface area contributed by atoms with Gasteiger partial charge in [0.2, 0.25) is 15.9 Å². The van der Waals surface area contributed by atoms with E-state index in [9.17, 15) is 13.2 Å². The highest BCUT2D eigenvalue weighted by molar-refractivity contribution is 7.89. The lowest BCUT2D eigenvalue weighted by Gasteiger charge is -2.15. The van der Waals surface area contributed by atoms with Gasteiger partial charge in [0.05, 0.1) is 7.11 Å². The number of hydrogen-bond donors (Lipinski definition) is 1. The molecule has 1 fully saturated rings. The van der Waals surface area contributed by atoms with Gasteiger partial charge in [-0.05, 0) is 35.9 Å². The molecule has 1 saturated heterocycles. The molecule has 134 valence electrons. The first kappa shape index (κ1) is 17.8. The van der Waals surface area contributed by atoms with Crippen molar-refractivity contribution in [1.29, 1.82) is 0 Å². The molecule has 25 heavy (non-hydrogen) atoms. The standard InChI is InChI=1S/C16H19N3O4S2/c1-23-14-10-12(4-6-17-14)11-18-16(20)15-13(5-9-24-15)25(21,22)19-7-2-3-8-19/h4-6,9-10H,2-3,7-8,11H2,1H3,(H,18,20). The Bertz CT molecular complexity index is 858. The molecule has 0 aromatic carbocycles. The van der Waals surface area contributed by atoms with Crippen LogP contribution in [-0.4, -0.2) is 43.8 Å². The Kier molecular flexibility index (Phi) is 5.36. The van der Waals surface area contributed by atoms with Gasteiger partial charge in [-0.15, -0.1) is 11.3 Å². The van der Waals surface area contributed by atoms with Gasteiger partial charge in [-0.1, -0.05) is 0 Å². The van der Waals surface area contributed by atoms with Crippen molar-refractivity contribution in [2.45, 2.75) is 24.3 Å². The largest absolute Gasteiger partial charge is 0.481 e. The Morgan fingerprint density at radius 1 is 1.36 bits per heavy atom. The van der Waals surface area contributed by atoms with E-state index in [1.165, 1.54) is 17.5 Å². The molecule has 1 aliphatic rings. The van der Waals surface area contributed by atoms with Crippen molar-refractivity contribution in [3.63, 3.8) is 0 Å². The summed E-state index contributed by atoms with van der Waals surface area (Å²) >= 11 is 1.13. The second-order valence-electron chi connectivity index (χ2n) is 5.61. The number of thiophene rings is 1. The van der Waals surface area contributed by atoms with Crippen LogP contribution in [0.25, 0.3) is 0 Å². The maximum atomic E-state index is 12.7. The van der Waals surface area contributed by atoms with Crippen molar-refractivity contribution in [3.05, 3.63) is 40.2 Å². The molecule has 0 aliphatic carbocycles. The van der Waals surface area contributed by atoms with Crippen LogP contribution in [0.15, 0.2) is 34.7 Å². The third kappa shape index (κ3) is 3.83. The minimum absolute atomic E-state index is 0.0872. The third-order valence-corrected chi connectivity index (χ3v) is 6.96. The highest BCUT2D eigenvalue weighted by atomic mass is 32.2. The van der Waals surface area contributed by atoms with Crippen molar-refractivity contribution in [2.75, 3.05) is 20.2 Å². The van der Waals surface area contributed by atoms with Gasteiger partial charge in [-0.3, -0.25) is 4.79 Å². The molecule has 2 aromatic heterocycles. The number of ether oxygens (including phenoxy) is 1. The highest BCUT2D eigenvalue weighted by Gasteiger charge is 2.31. The summed E-state index contributed by atoms with van der Waals surface area (Å²) in [4.78, 5) is 16.8. The van der Waals surface area contributed by atoms with E-state index in [2.05, 4.69) is 10.3 Å². The van der Waals surface area contributed by atoms with Crippen LogP contribution in [0.3, 0.4) is 0 Å². The maximum absolute atomic E-state index is 12.7. The first-order valence-corrected chi connectivity index (χ1v) is 10.2. The molecule has 0 atom stereocenters. The van der Waals surface area contributed by atoms with Gasteiger partial charge < -0.3 is 10.1 Å². The Morgan fingerprint density at radius 2 is 2.12 bits per heavy atom. The number of pyridine rings is 1. The molecule has 1 N–H and O–H groups in total. The zero-order valence-electron chi connectivity index (χ0n) is 13.8. The van der Waals surface area contributed by atoms with Crippen LogP contribution in [0.4, 0.5) is 0 Å². The summed E-state index contributed by atoms with van der Waals surface area (Å²) < 4.78 is 31.9. The van der Waals surface area contributed by atoms with Crippen LogP contribution >= 0.6 is 11.3 Å². The summed E-state index contributed by atoms with van der Waals surface area (Å²) in [5.74, 6) is 0.0590. The molecule has 2 aromatic rings. The van der Waals surface area contributed by atoms with Crippen molar-refractivity contribution in [2.24, 2.45) is 0 Å². The molecule has 0 spiro atoms. The molecule has 0 unspecified atom stereocenters. The van der Waals surface area contributed by atoms with Gasteiger partial charge in [0.25, 0.3) is 5.91 Å². The second-order valence-corrected chi connectivity index (χ2v) is 8.44. The van der Waals surface area contributed by atoms with Crippen LogP contribution in [-0.2, 0) is 16.6 Å². The SMILES string of the molecule is COc1cc(CNC(=O)c2sccc2S(=O)(=O)N2CCCC2)ccn1. The van der Waals surface area contributed by atoms with Crippen molar-refractivity contribution in [3.8, 4) is 5.88 Å². The Balaban J connectivity index is 1.74. The number of sulfonamides is 1. The number of rotatable bonds is 6. The molecule has 3 rings (SSSR count). The Labute approximate surface area is 150 Å². The van der Waals surface area contributed by atoms with E-state index in [0.717, 1.165) is 29.7 Å². The summed E-state index contributed by atoms with van der Waals surface area (Å²) in [6.07, 6.45) is 3.30. The van der Waals surface area contributed by atoms with E-state index >= 15 is 0 Å².